The molecule has 1 amide bonds. The average molecular weight is 281 g/mol. The predicted molar refractivity (Wildman–Crippen MR) is 83.1 cm³/mol. The first-order chi connectivity index (χ1) is 10.3. The van der Waals surface area contributed by atoms with Crippen LogP contribution < -0.4 is 10.6 Å². The van der Waals surface area contributed by atoms with Gasteiger partial charge in [-0.2, -0.15) is 0 Å². The van der Waals surface area contributed by atoms with Crippen molar-refractivity contribution in [3.63, 3.8) is 0 Å². The molecule has 1 aromatic heterocycles. The number of carbonyl (C=O) groups is 1. The zero-order valence-electron chi connectivity index (χ0n) is 11.9. The number of nitrogens with zero attached hydrogens (tertiary/aromatic N) is 2. The van der Waals surface area contributed by atoms with E-state index in [0.29, 0.717) is 18.9 Å². The Morgan fingerprint density at radius 1 is 1.24 bits per heavy atom. The second kappa shape index (κ2) is 6.06. The van der Waals surface area contributed by atoms with Gasteiger partial charge >= 0.3 is 0 Å². The third kappa shape index (κ3) is 2.81. The largest absolute Gasteiger partial charge is 0.330 e. The highest BCUT2D eigenvalue weighted by molar-refractivity contribution is 5.97. The van der Waals surface area contributed by atoms with E-state index in [1.54, 1.807) is 12.4 Å². The van der Waals surface area contributed by atoms with Gasteiger partial charge in [-0.15, -0.1) is 0 Å². The summed E-state index contributed by atoms with van der Waals surface area (Å²) in [5, 5.41) is 0. The van der Waals surface area contributed by atoms with Crippen molar-refractivity contribution in [2.45, 2.75) is 18.8 Å². The summed E-state index contributed by atoms with van der Waals surface area (Å²) in [6.07, 6.45) is 4.76. The quantitative estimate of drug-likeness (QED) is 0.933. The molecule has 1 aromatic carbocycles. The third-order valence-electron chi connectivity index (χ3n) is 3.99. The Bertz CT molecular complexity index is 627. The summed E-state index contributed by atoms with van der Waals surface area (Å²) in [6.45, 7) is 1.38. The van der Waals surface area contributed by atoms with Crippen molar-refractivity contribution >= 4 is 11.6 Å². The van der Waals surface area contributed by atoms with Gasteiger partial charge in [-0.1, -0.05) is 18.2 Å². The van der Waals surface area contributed by atoms with Gasteiger partial charge in [0.15, 0.2) is 0 Å². The number of hydrogen-bond donors (Lipinski definition) is 1. The summed E-state index contributed by atoms with van der Waals surface area (Å²) in [5.74, 6) is 0.487. The molecule has 0 aliphatic carbocycles. The van der Waals surface area contributed by atoms with Crippen LogP contribution in [0.3, 0.4) is 0 Å². The molecule has 4 nitrogen and oxygen atoms in total. The molecule has 2 heterocycles. The van der Waals surface area contributed by atoms with Crippen molar-refractivity contribution in [1.29, 1.82) is 0 Å². The van der Waals surface area contributed by atoms with E-state index in [0.717, 1.165) is 24.2 Å². The van der Waals surface area contributed by atoms with Crippen molar-refractivity contribution < 1.29 is 4.79 Å². The van der Waals surface area contributed by atoms with E-state index < -0.39 is 0 Å². The van der Waals surface area contributed by atoms with Gasteiger partial charge in [0.1, 0.15) is 0 Å². The van der Waals surface area contributed by atoms with Crippen molar-refractivity contribution in [1.82, 2.24) is 4.98 Å². The predicted octanol–water partition coefficient (Wildman–Crippen LogP) is 2.10. The molecule has 4 heteroatoms. The number of carbonyl (C=O) groups excluding carboxylic acids is 1. The third-order valence-corrected chi connectivity index (χ3v) is 3.99. The number of aromatic nitrogens is 1. The Hall–Kier alpha value is -2.20. The smallest absolute Gasteiger partial charge is 0.231 e. The minimum absolute atomic E-state index is 0.133. The number of benzene rings is 1. The Balaban J connectivity index is 1.81. The molecule has 108 valence electrons. The van der Waals surface area contributed by atoms with E-state index in [9.17, 15) is 4.79 Å². The number of hydrogen-bond acceptors (Lipinski definition) is 3. The zero-order valence-corrected chi connectivity index (χ0v) is 11.9. The van der Waals surface area contributed by atoms with Crippen LogP contribution in [0, 0.1) is 0 Å². The van der Waals surface area contributed by atoms with Gasteiger partial charge < -0.3 is 10.6 Å². The van der Waals surface area contributed by atoms with Crippen LogP contribution in [0.1, 0.15) is 23.5 Å². The number of para-hydroxylation sites is 1. The highest BCUT2D eigenvalue weighted by Gasteiger charge is 2.31. The number of rotatable bonds is 4. The van der Waals surface area contributed by atoms with E-state index in [1.165, 1.54) is 5.56 Å². The number of fused-ring (bicyclic) bond motifs is 1. The maximum Gasteiger partial charge on any atom is 0.231 e. The second-order valence-corrected chi connectivity index (χ2v) is 5.37. The summed E-state index contributed by atoms with van der Waals surface area (Å²) in [6, 6.07) is 11.9. The standard InChI is InChI=1S/C17H19N3O/c18-8-5-14-12-20(16-4-2-1-3-15(14)16)17(21)11-13-6-9-19-10-7-13/h1-4,6-7,9-10,14H,5,8,11-12,18H2. The SMILES string of the molecule is NCCC1CN(C(=O)Cc2ccncc2)c2ccccc21. The molecule has 1 aliphatic rings. The monoisotopic (exact) mass is 281 g/mol. The van der Waals surface area contributed by atoms with Crippen molar-refractivity contribution in [3.8, 4) is 0 Å². The summed E-state index contributed by atoms with van der Waals surface area (Å²) < 4.78 is 0. The lowest BCUT2D eigenvalue weighted by atomic mass is 9.98. The molecule has 1 aliphatic heterocycles. The lowest BCUT2D eigenvalue weighted by molar-refractivity contribution is -0.117. The fourth-order valence-corrected chi connectivity index (χ4v) is 2.95. The van der Waals surface area contributed by atoms with Gasteiger partial charge in [-0.3, -0.25) is 9.78 Å². The molecule has 1 unspecified atom stereocenters. The Kier molecular flexibility index (Phi) is 3.97. The van der Waals surface area contributed by atoms with Crippen LogP contribution in [-0.4, -0.2) is 24.0 Å². The van der Waals surface area contributed by atoms with Crippen LogP contribution in [0.5, 0.6) is 0 Å². The molecule has 0 bridgehead atoms. The molecule has 0 radical (unpaired) electrons. The number of amides is 1. The van der Waals surface area contributed by atoms with E-state index in [-0.39, 0.29) is 5.91 Å². The lowest BCUT2D eigenvalue weighted by Gasteiger charge is -2.18. The Labute approximate surface area is 124 Å². The second-order valence-electron chi connectivity index (χ2n) is 5.37. The molecular formula is C17H19N3O. The minimum Gasteiger partial charge on any atom is -0.330 e. The number of nitrogens with two attached hydrogens (primary N) is 1. The van der Waals surface area contributed by atoms with E-state index in [1.807, 2.05) is 35.2 Å². The molecular weight excluding hydrogens is 262 g/mol. The van der Waals surface area contributed by atoms with Crippen molar-refractivity contribution in [2.24, 2.45) is 5.73 Å². The number of anilines is 1. The van der Waals surface area contributed by atoms with Gasteiger partial charge in [0, 0.05) is 30.5 Å². The molecule has 0 saturated carbocycles. The summed E-state index contributed by atoms with van der Waals surface area (Å²) in [5.41, 5.74) is 8.97. The lowest BCUT2D eigenvalue weighted by Crippen LogP contribution is -2.31. The Morgan fingerprint density at radius 2 is 2.00 bits per heavy atom. The fourth-order valence-electron chi connectivity index (χ4n) is 2.95. The van der Waals surface area contributed by atoms with Gasteiger partial charge in [-0.05, 0) is 42.3 Å². The highest BCUT2D eigenvalue weighted by Crippen LogP contribution is 2.37. The maximum atomic E-state index is 12.6. The van der Waals surface area contributed by atoms with E-state index in [4.69, 9.17) is 5.73 Å². The molecule has 3 rings (SSSR count). The molecule has 0 fully saturated rings. The normalized spacial score (nSPS) is 16.8. The van der Waals surface area contributed by atoms with Gasteiger partial charge in [0.25, 0.3) is 0 Å². The van der Waals surface area contributed by atoms with Crippen molar-refractivity contribution in [3.05, 3.63) is 59.9 Å². The van der Waals surface area contributed by atoms with Gasteiger partial charge in [0.05, 0.1) is 6.42 Å². The zero-order chi connectivity index (χ0) is 14.7. The number of pyridine rings is 1. The molecule has 0 spiro atoms. The van der Waals surface area contributed by atoms with Crippen LogP contribution in [0.15, 0.2) is 48.8 Å². The van der Waals surface area contributed by atoms with Crippen LogP contribution in [0.4, 0.5) is 5.69 Å². The topological polar surface area (TPSA) is 59.2 Å². The fraction of sp³-hybridized carbons (Fsp3) is 0.294. The molecule has 21 heavy (non-hydrogen) atoms. The maximum absolute atomic E-state index is 12.6. The molecule has 2 aromatic rings. The summed E-state index contributed by atoms with van der Waals surface area (Å²) in [4.78, 5) is 18.5. The average Bonchev–Trinajstić information content (AvgIpc) is 2.88. The molecule has 0 saturated heterocycles. The van der Waals surface area contributed by atoms with Gasteiger partial charge in [0.2, 0.25) is 5.91 Å². The van der Waals surface area contributed by atoms with Crippen LogP contribution in [0.2, 0.25) is 0 Å². The first kappa shape index (κ1) is 13.8. The first-order valence-corrected chi connectivity index (χ1v) is 7.28. The minimum atomic E-state index is 0.133. The molecule has 2 N–H and O–H groups in total. The Morgan fingerprint density at radius 3 is 2.76 bits per heavy atom. The van der Waals surface area contributed by atoms with Crippen LogP contribution in [-0.2, 0) is 11.2 Å². The summed E-state index contributed by atoms with van der Waals surface area (Å²) >= 11 is 0. The van der Waals surface area contributed by atoms with Gasteiger partial charge in [-0.25, -0.2) is 0 Å². The molecule has 1 atom stereocenters. The van der Waals surface area contributed by atoms with Crippen LogP contribution in [0.25, 0.3) is 0 Å². The summed E-state index contributed by atoms with van der Waals surface area (Å²) in [7, 11) is 0. The van der Waals surface area contributed by atoms with Crippen molar-refractivity contribution in [2.75, 3.05) is 18.0 Å². The van der Waals surface area contributed by atoms with E-state index in [2.05, 4.69) is 11.1 Å². The highest BCUT2D eigenvalue weighted by atomic mass is 16.2. The first-order valence-electron chi connectivity index (χ1n) is 7.28. The van der Waals surface area contributed by atoms with E-state index >= 15 is 0 Å². The van der Waals surface area contributed by atoms with Crippen LogP contribution >= 0.6 is 0 Å².